The maximum atomic E-state index is 12.3. The lowest BCUT2D eigenvalue weighted by Gasteiger charge is -2.23. The second-order valence-corrected chi connectivity index (χ2v) is 5.98. The fourth-order valence-corrected chi connectivity index (χ4v) is 2.09. The number of rotatable bonds is 14. The fraction of sp³-hybridized carbons (Fsp3) is 0.600. The van der Waals surface area contributed by atoms with Crippen LogP contribution in [-0.2, 0) is 28.8 Å². The molecule has 0 aliphatic rings. The second-order valence-electron chi connectivity index (χ2n) is 5.98. The van der Waals surface area contributed by atoms with Gasteiger partial charge in [0.15, 0.2) is 0 Å². The predicted octanol–water partition coefficient (Wildman–Crippen LogP) is -4.99. The van der Waals surface area contributed by atoms with Gasteiger partial charge in [-0.2, -0.15) is 0 Å². The molecule has 0 fully saturated rings. The predicted molar refractivity (Wildman–Crippen MR) is 96.4 cm³/mol. The zero-order chi connectivity index (χ0) is 22.6. The molecule has 3 unspecified atom stereocenters. The van der Waals surface area contributed by atoms with Crippen LogP contribution in [0.4, 0.5) is 0 Å². The van der Waals surface area contributed by atoms with Crippen LogP contribution < -0.4 is 33.2 Å². The number of nitrogens with one attached hydrogen (secondary N) is 3. The molecule has 0 aliphatic carbocycles. The van der Waals surface area contributed by atoms with Gasteiger partial charge in [0.1, 0.15) is 18.1 Å². The second kappa shape index (κ2) is 13.0. The Bertz CT molecular complexity index is 640. The van der Waals surface area contributed by atoms with E-state index in [9.17, 15) is 33.9 Å². The normalized spacial score (nSPS) is 13.4. The lowest BCUT2D eigenvalue weighted by atomic mass is 10.1. The monoisotopic (exact) mass is 418 g/mol. The van der Waals surface area contributed by atoms with Crippen LogP contribution in [-0.4, -0.2) is 77.0 Å². The van der Waals surface area contributed by atoms with Gasteiger partial charge in [-0.1, -0.05) is 0 Å². The van der Waals surface area contributed by atoms with Gasteiger partial charge in [-0.05, 0) is 12.8 Å². The molecule has 0 aliphatic heterocycles. The van der Waals surface area contributed by atoms with Crippen molar-refractivity contribution >= 4 is 35.5 Å². The van der Waals surface area contributed by atoms with E-state index in [0.717, 1.165) is 0 Å². The lowest BCUT2D eigenvalue weighted by Crippen LogP contribution is -2.57. The molecule has 5 amide bonds. The van der Waals surface area contributed by atoms with Gasteiger partial charge in [0.25, 0.3) is 0 Å². The largest absolute Gasteiger partial charge is 0.480 e. The molecular formula is C15H26N6O8. The zero-order valence-corrected chi connectivity index (χ0v) is 15.6. The van der Waals surface area contributed by atoms with E-state index in [1.54, 1.807) is 0 Å². The van der Waals surface area contributed by atoms with E-state index in [0.29, 0.717) is 0 Å². The van der Waals surface area contributed by atoms with Gasteiger partial charge < -0.3 is 43.4 Å². The van der Waals surface area contributed by atoms with Crippen molar-refractivity contribution in [1.82, 2.24) is 16.0 Å². The average molecular weight is 418 g/mol. The third kappa shape index (κ3) is 10.6. The number of aliphatic hydroxyl groups is 1. The van der Waals surface area contributed by atoms with Crippen molar-refractivity contribution in [2.24, 2.45) is 17.2 Å². The molecule has 11 N–H and O–H groups in total. The molecule has 0 saturated heterocycles. The summed E-state index contributed by atoms with van der Waals surface area (Å²) in [5.74, 6) is -5.64. The summed E-state index contributed by atoms with van der Waals surface area (Å²) in [6.07, 6.45) is -1.06. The Kier molecular flexibility index (Phi) is 11.5. The zero-order valence-electron chi connectivity index (χ0n) is 15.6. The number of primary amides is 2. The molecule has 0 aromatic heterocycles. The molecular weight excluding hydrogens is 392 g/mol. The Balaban J connectivity index is 5.10. The molecule has 0 heterocycles. The smallest absolute Gasteiger partial charge is 0.326 e. The van der Waals surface area contributed by atoms with Crippen LogP contribution in [0.15, 0.2) is 0 Å². The van der Waals surface area contributed by atoms with Gasteiger partial charge in [0.2, 0.25) is 29.5 Å². The topological polar surface area (TPSA) is 257 Å². The van der Waals surface area contributed by atoms with E-state index in [2.05, 4.69) is 16.0 Å². The molecule has 0 radical (unpaired) electrons. The Morgan fingerprint density at radius 1 is 0.759 bits per heavy atom. The van der Waals surface area contributed by atoms with Crippen LogP contribution in [0.1, 0.15) is 25.7 Å². The third-order valence-electron chi connectivity index (χ3n) is 3.63. The maximum absolute atomic E-state index is 12.3. The first kappa shape index (κ1) is 25.7. The summed E-state index contributed by atoms with van der Waals surface area (Å²) in [7, 11) is 0. The molecule has 0 spiro atoms. The maximum Gasteiger partial charge on any atom is 0.326 e. The summed E-state index contributed by atoms with van der Waals surface area (Å²) >= 11 is 0. The molecule has 164 valence electrons. The van der Waals surface area contributed by atoms with E-state index >= 15 is 0 Å². The lowest BCUT2D eigenvalue weighted by molar-refractivity contribution is -0.143. The highest BCUT2D eigenvalue weighted by Crippen LogP contribution is 2.01. The highest BCUT2D eigenvalue weighted by atomic mass is 16.4. The minimum absolute atomic E-state index is 0.191. The molecule has 0 rings (SSSR count). The first-order valence-electron chi connectivity index (χ1n) is 8.52. The van der Waals surface area contributed by atoms with E-state index < -0.39 is 66.8 Å². The van der Waals surface area contributed by atoms with Crippen molar-refractivity contribution in [2.45, 2.75) is 43.8 Å². The Labute approximate surface area is 165 Å². The molecule has 14 nitrogen and oxygen atoms in total. The van der Waals surface area contributed by atoms with Crippen molar-refractivity contribution in [1.29, 1.82) is 0 Å². The summed E-state index contributed by atoms with van der Waals surface area (Å²) in [6.45, 7) is -1.34. The number of carbonyl (C=O) groups excluding carboxylic acids is 5. The van der Waals surface area contributed by atoms with Crippen LogP contribution in [0.25, 0.3) is 0 Å². The van der Waals surface area contributed by atoms with E-state index in [1.807, 2.05) is 0 Å². The number of hydrogen-bond donors (Lipinski definition) is 8. The van der Waals surface area contributed by atoms with Crippen molar-refractivity contribution in [3.8, 4) is 0 Å². The molecule has 0 saturated carbocycles. The number of carboxylic acid groups (broad SMARTS) is 1. The minimum Gasteiger partial charge on any atom is -0.480 e. The first-order valence-corrected chi connectivity index (χ1v) is 8.52. The fourth-order valence-electron chi connectivity index (χ4n) is 2.09. The third-order valence-corrected chi connectivity index (χ3v) is 3.63. The SMILES string of the molecule is NCC(=O)NC(CCC(N)=O)C(=O)NC(CO)C(=O)NC(CCC(N)=O)C(=O)O. The highest BCUT2D eigenvalue weighted by Gasteiger charge is 2.29. The van der Waals surface area contributed by atoms with Crippen molar-refractivity contribution in [2.75, 3.05) is 13.2 Å². The minimum atomic E-state index is -1.57. The molecule has 0 bridgehead atoms. The molecule has 0 aromatic rings. The number of carboxylic acids is 1. The van der Waals surface area contributed by atoms with Crippen LogP contribution in [0.3, 0.4) is 0 Å². The van der Waals surface area contributed by atoms with Crippen LogP contribution >= 0.6 is 0 Å². The highest BCUT2D eigenvalue weighted by molar-refractivity contribution is 5.94. The number of aliphatic carboxylic acids is 1. The van der Waals surface area contributed by atoms with Gasteiger partial charge in [0, 0.05) is 12.8 Å². The molecule has 29 heavy (non-hydrogen) atoms. The van der Waals surface area contributed by atoms with Crippen LogP contribution in [0.2, 0.25) is 0 Å². The summed E-state index contributed by atoms with van der Waals surface area (Å²) in [4.78, 5) is 68.8. The van der Waals surface area contributed by atoms with Gasteiger partial charge >= 0.3 is 5.97 Å². The van der Waals surface area contributed by atoms with Crippen LogP contribution in [0.5, 0.6) is 0 Å². The number of amides is 5. The number of hydrogen-bond acceptors (Lipinski definition) is 8. The summed E-state index contributed by atoms with van der Waals surface area (Å²) < 4.78 is 0. The van der Waals surface area contributed by atoms with Gasteiger partial charge in [-0.3, -0.25) is 24.0 Å². The number of aliphatic hydroxyl groups excluding tert-OH is 1. The Morgan fingerprint density at radius 2 is 1.21 bits per heavy atom. The summed E-state index contributed by atoms with van der Waals surface area (Å²) in [5.41, 5.74) is 15.1. The Morgan fingerprint density at radius 3 is 1.62 bits per heavy atom. The van der Waals surface area contributed by atoms with E-state index in [4.69, 9.17) is 22.3 Å². The molecule has 0 aromatic carbocycles. The summed E-state index contributed by atoms with van der Waals surface area (Å²) in [5, 5.41) is 24.9. The molecule has 14 heteroatoms. The number of nitrogens with two attached hydrogens (primary N) is 3. The van der Waals surface area contributed by atoms with E-state index in [1.165, 1.54) is 0 Å². The van der Waals surface area contributed by atoms with Crippen molar-refractivity contribution in [3.63, 3.8) is 0 Å². The first-order chi connectivity index (χ1) is 13.5. The van der Waals surface area contributed by atoms with Gasteiger partial charge in [0.05, 0.1) is 13.2 Å². The van der Waals surface area contributed by atoms with Gasteiger partial charge in [-0.25, -0.2) is 4.79 Å². The van der Waals surface area contributed by atoms with Crippen molar-refractivity contribution in [3.05, 3.63) is 0 Å². The average Bonchev–Trinajstić information content (AvgIpc) is 2.64. The standard InChI is InChI=1S/C15H26N6O8/c16-5-12(25)19-7(1-3-10(17)23)13(26)21-9(6-22)14(27)20-8(15(28)29)2-4-11(18)24/h7-9,22H,1-6,16H2,(H2,17,23)(H2,18,24)(H,19,25)(H,20,27)(H,21,26)(H,28,29). The van der Waals surface area contributed by atoms with Crippen molar-refractivity contribution < 1.29 is 39.0 Å². The van der Waals surface area contributed by atoms with Crippen LogP contribution in [0, 0.1) is 0 Å². The summed E-state index contributed by atoms with van der Waals surface area (Å²) in [6, 6.07) is -4.32. The Hall–Kier alpha value is -3.26. The number of carbonyl (C=O) groups is 6. The van der Waals surface area contributed by atoms with E-state index in [-0.39, 0.29) is 25.7 Å². The quantitative estimate of drug-likeness (QED) is 0.134. The molecule has 3 atom stereocenters. The van der Waals surface area contributed by atoms with Gasteiger partial charge in [-0.15, -0.1) is 0 Å².